The molecular weight excluding hydrogens is 482 g/mol. The predicted molar refractivity (Wildman–Crippen MR) is 146 cm³/mol. The van der Waals surface area contributed by atoms with E-state index in [2.05, 4.69) is 33.1 Å². The first kappa shape index (κ1) is 24.2. The van der Waals surface area contributed by atoms with Crippen molar-refractivity contribution in [1.82, 2.24) is 4.72 Å². The van der Waals surface area contributed by atoms with Crippen molar-refractivity contribution in [3.05, 3.63) is 89.5 Å². The fraction of sp³-hybridized carbons (Fsp3) is 0.367. The highest BCUT2D eigenvalue weighted by atomic mass is 32.2. The monoisotopic (exact) mass is 515 g/mol. The Hall–Kier alpha value is -3.16. The molecule has 0 aromatic heterocycles. The average molecular weight is 516 g/mol. The van der Waals surface area contributed by atoms with E-state index in [4.69, 9.17) is 0 Å². The van der Waals surface area contributed by atoms with Crippen LogP contribution in [-0.2, 0) is 21.2 Å². The van der Waals surface area contributed by atoms with Gasteiger partial charge in [0.25, 0.3) is 0 Å². The summed E-state index contributed by atoms with van der Waals surface area (Å²) in [5.41, 5.74) is 4.67. The van der Waals surface area contributed by atoms with Gasteiger partial charge in [0.05, 0.1) is 5.69 Å². The molecule has 3 atom stereocenters. The molecule has 3 aliphatic rings. The SMILES string of the molecule is O=C(Nc1ccc(N2CCCC2)c(S(=O)(=O)NC2CCCc3ccccc32)c1)C1C[C@H]1c1ccccc1. The topological polar surface area (TPSA) is 78.5 Å². The summed E-state index contributed by atoms with van der Waals surface area (Å²) < 4.78 is 30.7. The molecule has 0 radical (unpaired) electrons. The minimum atomic E-state index is -3.83. The first-order valence-electron chi connectivity index (χ1n) is 13.3. The number of rotatable bonds is 7. The maximum atomic E-state index is 13.9. The number of anilines is 2. The Morgan fingerprint density at radius 3 is 2.46 bits per heavy atom. The number of benzene rings is 3. The first-order valence-corrected chi connectivity index (χ1v) is 14.8. The number of fused-ring (bicyclic) bond motifs is 1. The van der Waals surface area contributed by atoms with Crippen LogP contribution in [0.25, 0.3) is 0 Å². The summed E-state index contributed by atoms with van der Waals surface area (Å²) in [6.45, 7) is 1.67. The van der Waals surface area contributed by atoms with Crippen LogP contribution in [0.3, 0.4) is 0 Å². The van der Waals surface area contributed by atoms with Crippen LogP contribution >= 0.6 is 0 Å². The van der Waals surface area contributed by atoms with Crippen molar-refractivity contribution in [2.45, 2.75) is 55.4 Å². The molecule has 6 nitrogen and oxygen atoms in total. The fourth-order valence-corrected chi connectivity index (χ4v) is 7.44. The Morgan fingerprint density at radius 1 is 0.892 bits per heavy atom. The van der Waals surface area contributed by atoms with Crippen molar-refractivity contribution in [3.8, 4) is 0 Å². The van der Waals surface area contributed by atoms with E-state index in [1.165, 1.54) is 11.1 Å². The minimum absolute atomic E-state index is 0.0553. The van der Waals surface area contributed by atoms with E-state index in [9.17, 15) is 13.2 Å². The van der Waals surface area contributed by atoms with Gasteiger partial charge >= 0.3 is 0 Å². The van der Waals surface area contributed by atoms with E-state index in [0.717, 1.165) is 57.2 Å². The fourth-order valence-electron chi connectivity index (χ4n) is 5.94. The normalized spacial score (nSPS) is 22.9. The second kappa shape index (κ2) is 9.95. The van der Waals surface area contributed by atoms with Crippen molar-refractivity contribution in [2.24, 2.45) is 5.92 Å². The van der Waals surface area contributed by atoms with Gasteiger partial charge in [-0.05, 0) is 79.3 Å². The Bertz CT molecular complexity index is 1400. The molecule has 2 fully saturated rings. The number of hydrogen-bond donors (Lipinski definition) is 2. The maximum Gasteiger partial charge on any atom is 0.243 e. The zero-order valence-electron chi connectivity index (χ0n) is 20.9. The van der Waals surface area contributed by atoms with Gasteiger partial charge in [-0.1, -0.05) is 54.6 Å². The van der Waals surface area contributed by atoms with Crippen LogP contribution in [0.15, 0.2) is 77.7 Å². The van der Waals surface area contributed by atoms with Gasteiger partial charge in [-0.3, -0.25) is 4.79 Å². The molecule has 2 N–H and O–H groups in total. The Kier molecular flexibility index (Phi) is 6.51. The van der Waals surface area contributed by atoms with E-state index >= 15 is 0 Å². The zero-order chi connectivity index (χ0) is 25.4. The number of amides is 1. The number of nitrogens with zero attached hydrogens (tertiary/aromatic N) is 1. The van der Waals surface area contributed by atoms with E-state index in [1.54, 1.807) is 6.07 Å². The van der Waals surface area contributed by atoms with E-state index in [0.29, 0.717) is 11.4 Å². The molecule has 37 heavy (non-hydrogen) atoms. The van der Waals surface area contributed by atoms with Crippen molar-refractivity contribution in [2.75, 3.05) is 23.3 Å². The molecule has 2 aliphatic carbocycles. The van der Waals surface area contributed by atoms with Gasteiger partial charge in [-0.25, -0.2) is 13.1 Å². The molecule has 3 aromatic rings. The molecule has 2 unspecified atom stereocenters. The van der Waals surface area contributed by atoms with Crippen LogP contribution in [0.2, 0.25) is 0 Å². The number of hydrogen-bond acceptors (Lipinski definition) is 4. The molecule has 1 amide bonds. The highest BCUT2D eigenvalue weighted by molar-refractivity contribution is 7.89. The van der Waals surface area contributed by atoms with Crippen molar-refractivity contribution in [3.63, 3.8) is 0 Å². The van der Waals surface area contributed by atoms with Crippen molar-refractivity contribution < 1.29 is 13.2 Å². The van der Waals surface area contributed by atoms with Crippen molar-refractivity contribution in [1.29, 1.82) is 0 Å². The van der Waals surface area contributed by atoms with Crippen LogP contribution in [0.5, 0.6) is 0 Å². The molecule has 1 heterocycles. The third kappa shape index (κ3) is 5.03. The number of sulfonamides is 1. The highest BCUT2D eigenvalue weighted by Crippen LogP contribution is 2.48. The third-order valence-corrected chi connectivity index (χ3v) is 9.49. The highest BCUT2D eigenvalue weighted by Gasteiger charge is 2.44. The molecular formula is C30H33N3O3S. The lowest BCUT2D eigenvalue weighted by molar-refractivity contribution is -0.117. The summed E-state index contributed by atoms with van der Waals surface area (Å²) in [6, 6.07) is 23.2. The molecule has 6 rings (SSSR count). The Labute approximate surface area is 219 Å². The van der Waals surface area contributed by atoms with Gasteiger partial charge in [-0.2, -0.15) is 0 Å². The van der Waals surface area contributed by atoms with Gasteiger partial charge in [0, 0.05) is 30.7 Å². The van der Waals surface area contributed by atoms with E-state index in [1.807, 2.05) is 48.5 Å². The predicted octanol–water partition coefficient (Wildman–Crippen LogP) is 5.38. The standard InChI is InChI=1S/C30H33N3O3S/c34-30(26-20-25(26)22-9-2-1-3-10-22)31-23-15-16-28(33-17-6-7-18-33)29(19-23)37(35,36)32-27-14-8-12-21-11-4-5-13-24(21)27/h1-5,9-11,13,15-16,19,25-27,32H,6-8,12,14,17-18,20H2,(H,31,34)/t25-,26?,27?/m0/s1. The molecule has 3 aromatic carbocycles. The van der Waals surface area contributed by atoms with E-state index in [-0.39, 0.29) is 28.7 Å². The number of carbonyl (C=O) groups is 1. The molecule has 1 aliphatic heterocycles. The lowest BCUT2D eigenvalue weighted by Crippen LogP contribution is -2.32. The number of nitrogens with one attached hydrogen (secondary N) is 2. The lowest BCUT2D eigenvalue weighted by Gasteiger charge is -2.28. The molecule has 1 saturated heterocycles. The van der Waals surface area contributed by atoms with E-state index < -0.39 is 10.0 Å². The van der Waals surface area contributed by atoms with Crippen LogP contribution in [-0.4, -0.2) is 27.4 Å². The second-order valence-corrected chi connectivity index (χ2v) is 12.2. The summed E-state index contributed by atoms with van der Waals surface area (Å²) >= 11 is 0. The summed E-state index contributed by atoms with van der Waals surface area (Å²) in [5, 5.41) is 3.00. The minimum Gasteiger partial charge on any atom is -0.370 e. The van der Waals surface area contributed by atoms with Gasteiger partial charge in [-0.15, -0.1) is 0 Å². The third-order valence-electron chi connectivity index (χ3n) is 7.99. The second-order valence-electron chi connectivity index (χ2n) is 10.5. The molecule has 1 saturated carbocycles. The Morgan fingerprint density at radius 2 is 1.65 bits per heavy atom. The number of carbonyl (C=O) groups excluding carboxylic acids is 1. The van der Waals surface area contributed by atoms with Crippen LogP contribution < -0.4 is 14.9 Å². The quantitative estimate of drug-likeness (QED) is 0.443. The van der Waals surface area contributed by atoms with Crippen LogP contribution in [0, 0.1) is 5.92 Å². The largest absolute Gasteiger partial charge is 0.370 e. The average Bonchev–Trinajstić information content (AvgIpc) is 3.54. The van der Waals surface area contributed by atoms with Gasteiger partial charge in [0.15, 0.2) is 0 Å². The zero-order valence-corrected chi connectivity index (χ0v) is 21.7. The maximum absolute atomic E-state index is 13.9. The molecule has 0 spiro atoms. The van der Waals surface area contributed by atoms with Gasteiger partial charge in [0.2, 0.25) is 15.9 Å². The summed E-state index contributed by atoms with van der Waals surface area (Å²) in [4.78, 5) is 15.4. The van der Waals surface area contributed by atoms with Crippen molar-refractivity contribution >= 4 is 27.3 Å². The molecule has 7 heteroatoms. The number of aryl methyl sites for hydroxylation is 1. The summed E-state index contributed by atoms with van der Waals surface area (Å²) in [7, 11) is -3.83. The van der Waals surface area contributed by atoms with Crippen LogP contribution in [0.1, 0.15) is 60.8 Å². The molecule has 192 valence electrons. The Balaban J connectivity index is 1.26. The summed E-state index contributed by atoms with van der Waals surface area (Å²) in [5.74, 6) is 0.0826. The van der Waals surface area contributed by atoms with Gasteiger partial charge in [0.1, 0.15) is 4.90 Å². The smallest absolute Gasteiger partial charge is 0.243 e. The molecule has 0 bridgehead atoms. The first-order chi connectivity index (χ1) is 18.0. The van der Waals surface area contributed by atoms with Gasteiger partial charge < -0.3 is 10.2 Å². The summed E-state index contributed by atoms with van der Waals surface area (Å²) in [6.07, 6.45) is 5.60. The van der Waals surface area contributed by atoms with Crippen LogP contribution in [0.4, 0.5) is 11.4 Å². The lowest BCUT2D eigenvalue weighted by atomic mass is 9.88.